The highest BCUT2D eigenvalue weighted by Crippen LogP contribution is 2.63. The molecule has 1 N–H and O–H groups in total. The van der Waals surface area contributed by atoms with Gasteiger partial charge in [-0.2, -0.15) is 0 Å². The number of hydrogen-bond donors (Lipinski definition) is 1. The molecular formula is C29H21ClN2O4. The second-order valence-corrected chi connectivity index (χ2v) is 10.4. The van der Waals surface area contributed by atoms with Crippen molar-refractivity contribution in [1.29, 1.82) is 0 Å². The molecule has 0 radical (unpaired) electrons. The third-order valence-electron chi connectivity index (χ3n) is 8.60. The molecule has 178 valence electrons. The fraction of sp³-hybridized carbons (Fsp3) is 0.241. The Hall–Kier alpha value is -3.61. The van der Waals surface area contributed by atoms with E-state index in [1.165, 1.54) is 0 Å². The minimum absolute atomic E-state index is 0.311. The lowest BCUT2D eigenvalue weighted by molar-refractivity contribution is -0.122. The Morgan fingerprint density at radius 1 is 0.889 bits per heavy atom. The zero-order valence-corrected chi connectivity index (χ0v) is 19.9. The number of nitrogens with one attached hydrogen (secondary N) is 1. The molecule has 1 amide bonds. The summed E-state index contributed by atoms with van der Waals surface area (Å²) in [6.07, 6.45) is 1.33. The first kappa shape index (κ1) is 21.7. The number of para-hydroxylation sites is 1. The van der Waals surface area contributed by atoms with Crippen LogP contribution in [0, 0.1) is 5.92 Å². The van der Waals surface area contributed by atoms with Gasteiger partial charge in [0.2, 0.25) is 5.91 Å². The fourth-order valence-corrected chi connectivity index (χ4v) is 7.49. The van der Waals surface area contributed by atoms with E-state index < -0.39 is 40.3 Å². The Morgan fingerprint density at radius 3 is 2.22 bits per heavy atom. The van der Waals surface area contributed by atoms with Crippen LogP contribution in [0.2, 0.25) is 5.02 Å². The molecule has 4 aliphatic rings. The van der Waals surface area contributed by atoms with Crippen LogP contribution < -0.4 is 5.32 Å². The van der Waals surface area contributed by atoms with Crippen LogP contribution in [0.1, 0.15) is 49.5 Å². The molecule has 3 heterocycles. The summed E-state index contributed by atoms with van der Waals surface area (Å²) in [5, 5.41) is 3.45. The van der Waals surface area contributed by atoms with E-state index in [9.17, 15) is 19.2 Å². The van der Waals surface area contributed by atoms with E-state index in [1.54, 1.807) is 48.5 Å². The Bertz CT molecular complexity index is 1480. The number of fused-ring (bicyclic) bond motifs is 6. The van der Waals surface area contributed by atoms with Gasteiger partial charge in [0, 0.05) is 33.4 Å². The van der Waals surface area contributed by atoms with Gasteiger partial charge >= 0.3 is 0 Å². The van der Waals surface area contributed by atoms with E-state index >= 15 is 0 Å². The van der Waals surface area contributed by atoms with Crippen molar-refractivity contribution in [2.45, 2.75) is 29.8 Å². The third kappa shape index (κ3) is 2.32. The van der Waals surface area contributed by atoms with E-state index in [-0.39, 0.29) is 5.91 Å². The minimum atomic E-state index is -1.78. The van der Waals surface area contributed by atoms with Gasteiger partial charge < -0.3 is 5.32 Å². The van der Waals surface area contributed by atoms with Gasteiger partial charge in [0.25, 0.3) is 0 Å². The zero-order chi connectivity index (χ0) is 24.8. The van der Waals surface area contributed by atoms with Gasteiger partial charge in [0.05, 0.1) is 5.92 Å². The molecule has 6 nitrogen and oxygen atoms in total. The summed E-state index contributed by atoms with van der Waals surface area (Å²) in [5.41, 5.74) is -0.925. The largest absolute Gasteiger partial charge is 0.325 e. The molecule has 0 aromatic heterocycles. The van der Waals surface area contributed by atoms with E-state index in [2.05, 4.69) is 5.32 Å². The number of rotatable bonds is 2. The van der Waals surface area contributed by atoms with Gasteiger partial charge in [0.1, 0.15) is 5.41 Å². The lowest BCUT2D eigenvalue weighted by atomic mass is 9.60. The van der Waals surface area contributed by atoms with E-state index in [1.807, 2.05) is 29.2 Å². The lowest BCUT2D eigenvalue weighted by Gasteiger charge is -2.37. The van der Waals surface area contributed by atoms with E-state index in [0.29, 0.717) is 45.9 Å². The van der Waals surface area contributed by atoms with Gasteiger partial charge in [0.15, 0.2) is 22.9 Å². The van der Waals surface area contributed by atoms with Crippen LogP contribution >= 0.6 is 11.6 Å². The number of anilines is 1. The second-order valence-electron chi connectivity index (χ2n) is 9.99. The Morgan fingerprint density at radius 2 is 1.53 bits per heavy atom. The number of amides is 1. The molecule has 0 unspecified atom stereocenters. The first-order valence-electron chi connectivity index (χ1n) is 12.1. The summed E-state index contributed by atoms with van der Waals surface area (Å²) in [5.74, 6) is -2.75. The summed E-state index contributed by atoms with van der Waals surface area (Å²) in [6, 6.07) is 20.0. The van der Waals surface area contributed by atoms with Gasteiger partial charge in [-0.25, -0.2) is 0 Å². The number of hydrogen-bond acceptors (Lipinski definition) is 5. The van der Waals surface area contributed by atoms with Gasteiger partial charge in [-0.15, -0.1) is 0 Å². The van der Waals surface area contributed by atoms with Crippen LogP contribution in [0.3, 0.4) is 0 Å². The van der Waals surface area contributed by atoms with E-state index in [0.717, 1.165) is 6.42 Å². The summed E-state index contributed by atoms with van der Waals surface area (Å²) in [4.78, 5) is 59.3. The summed E-state index contributed by atoms with van der Waals surface area (Å²) < 4.78 is 0. The quantitative estimate of drug-likeness (QED) is 0.422. The van der Waals surface area contributed by atoms with Crippen molar-refractivity contribution in [3.8, 4) is 0 Å². The first-order valence-corrected chi connectivity index (χ1v) is 12.5. The summed E-state index contributed by atoms with van der Waals surface area (Å²) >= 11 is 6.10. The number of benzene rings is 3. The SMILES string of the molecule is O=C(c1ccc(Cl)cc1)[C@H]1C2(C(=O)c3ccccc3C2=O)N2CCC[C@@H]2[C@]12C(=O)Nc1ccccc12. The van der Waals surface area contributed by atoms with Crippen molar-refractivity contribution < 1.29 is 19.2 Å². The third-order valence-corrected chi connectivity index (χ3v) is 8.85. The number of ketones is 3. The van der Waals surface area contributed by atoms with Crippen LogP contribution in [-0.4, -0.2) is 46.3 Å². The number of carbonyl (C=O) groups is 4. The van der Waals surface area contributed by atoms with Crippen LogP contribution in [0.25, 0.3) is 0 Å². The Labute approximate surface area is 212 Å². The first-order chi connectivity index (χ1) is 17.4. The van der Waals surface area contributed by atoms with Crippen molar-refractivity contribution in [2.75, 3.05) is 11.9 Å². The maximum Gasteiger partial charge on any atom is 0.237 e. The second kappa shape index (κ2) is 7.21. The smallest absolute Gasteiger partial charge is 0.237 e. The van der Waals surface area contributed by atoms with Crippen molar-refractivity contribution in [3.05, 3.63) is 100 Å². The average molecular weight is 497 g/mol. The predicted molar refractivity (Wildman–Crippen MR) is 134 cm³/mol. The minimum Gasteiger partial charge on any atom is -0.325 e. The molecule has 7 rings (SSSR count). The summed E-state index contributed by atoms with van der Waals surface area (Å²) in [7, 11) is 0. The molecule has 3 aromatic rings. The number of halogens is 1. The maximum atomic E-state index is 14.6. The standard InChI is InChI=1S/C29H21ClN2O4/c30-17-13-11-16(12-14-17)23(33)24-28(20-8-3-4-9-21(20)31-27(28)36)22-10-5-15-32(22)29(24)25(34)18-6-1-2-7-19(18)26(29)35/h1-4,6-9,11-14,22,24H,5,10,15H2,(H,31,36)/t22-,24-,28+/m1/s1. The molecule has 0 saturated carbocycles. The molecule has 2 spiro atoms. The average Bonchev–Trinajstić information content (AvgIpc) is 3.60. The molecule has 2 saturated heterocycles. The molecular weight excluding hydrogens is 476 g/mol. The number of Topliss-reactive ketones (excluding diaryl/α,β-unsaturated/α-hetero) is 3. The van der Waals surface area contributed by atoms with Crippen LogP contribution in [0.4, 0.5) is 5.69 Å². The molecule has 36 heavy (non-hydrogen) atoms. The van der Waals surface area contributed by atoms with Gasteiger partial charge in [-0.1, -0.05) is 54.1 Å². The highest BCUT2D eigenvalue weighted by molar-refractivity contribution is 6.36. The van der Waals surface area contributed by atoms with Crippen LogP contribution in [0.5, 0.6) is 0 Å². The van der Waals surface area contributed by atoms with Crippen molar-refractivity contribution in [2.24, 2.45) is 5.92 Å². The Balaban J connectivity index is 1.57. The fourth-order valence-electron chi connectivity index (χ4n) is 7.36. The zero-order valence-electron chi connectivity index (χ0n) is 19.2. The molecule has 3 aromatic carbocycles. The van der Waals surface area contributed by atoms with E-state index in [4.69, 9.17) is 11.6 Å². The molecule has 0 bridgehead atoms. The highest BCUT2D eigenvalue weighted by Gasteiger charge is 2.80. The molecule has 1 aliphatic carbocycles. The molecule has 3 atom stereocenters. The van der Waals surface area contributed by atoms with Crippen LogP contribution in [-0.2, 0) is 10.2 Å². The topological polar surface area (TPSA) is 83.6 Å². The number of nitrogens with zero attached hydrogens (tertiary/aromatic N) is 1. The monoisotopic (exact) mass is 496 g/mol. The molecule has 7 heteroatoms. The molecule has 3 aliphatic heterocycles. The lowest BCUT2D eigenvalue weighted by Crippen LogP contribution is -2.60. The maximum absolute atomic E-state index is 14.6. The normalized spacial score (nSPS) is 27.4. The van der Waals surface area contributed by atoms with Crippen molar-refractivity contribution >= 4 is 40.5 Å². The predicted octanol–water partition coefficient (Wildman–Crippen LogP) is 4.33. The molecule has 2 fully saturated rings. The summed E-state index contributed by atoms with van der Waals surface area (Å²) in [6.45, 7) is 0.456. The van der Waals surface area contributed by atoms with Crippen molar-refractivity contribution in [1.82, 2.24) is 4.90 Å². The van der Waals surface area contributed by atoms with Gasteiger partial charge in [-0.05, 0) is 55.3 Å². The number of carbonyl (C=O) groups excluding carboxylic acids is 4. The Kier molecular flexibility index (Phi) is 4.34. The van der Waals surface area contributed by atoms with Gasteiger partial charge in [-0.3, -0.25) is 24.1 Å². The van der Waals surface area contributed by atoms with Crippen LogP contribution in [0.15, 0.2) is 72.8 Å². The highest BCUT2D eigenvalue weighted by atomic mass is 35.5. The van der Waals surface area contributed by atoms with Crippen molar-refractivity contribution in [3.63, 3.8) is 0 Å².